The van der Waals surface area contributed by atoms with Gasteiger partial charge in [-0.15, -0.1) is 0 Å². The molecule has 2 rings (SSSR count). The van der Waals surface area contributed by atoms with Crippen LogP contribution >= 0.6 is 0 Å². The molecule has 0 aromatic carbocycles. The van der Waals surface area contributed by atoms with Crippen molar-refractivity contribution < 1.29 is 4.79 Å². The van der Waals surface area contributed by atoms with Gasteiger partial charge in [-0.25, -0.2) is 0 Å². The van der Waals surface area contributed by atoms with E-state index in [1.54, 1.807) is 0 Å². The molecule has 0 radical (unpaired) electrons. The van der Waals surface area contributed by atoms with Gasteiger partial charge in [0, 0.05) is 25.0 Å². The molecule has 3 nitrogen and oxygen atoms in total. The first-order chi connectivity index (χ1) is 7.63. The van der Waals surface area contributed by atoms with E-state index in [4.69, 9.17) is 5.73 Å². The molecule has 1 aliphatic heterocycles. The van der Waals surface area contributed by atoms with E-state index in [0.717, 1.165) is 31.8 Å². The SMILES string of the molecule is CCC1CCN(C(=O)CC2(N)CCC2)CC1. The lowest BCUT2D eigenvalue weighted by molar-refractivity contribution is -0.134. The quantitative estimate of drug-likeness (QED) is 0.796. The number of piperidine rings is 1. The van der Waals surface area contributed by atoms with Gasteiger partial charge in [-0.3, -0.25) is 4.79 Å². The first kappa shape index (κ1) is 11.9. The summed E-state index contributed by atoms with van der Waals surface area (Å²) in [6, 6.07) is 0. The highest BCUT2D eigenvalue weighted by Crippen LogP contribution is 2.33. The minimum absolute atomic E-state index is 0.154. The van der Waals surface area contributed by atoms with E-state index in [2.05, 4.69) is 6.92 Å². The largest absolute Gasteiger partial charge is 0.343 e. The Hall–Kier alpha value is -0.570. The van der Waals surface area contributed by atoms with Crippen molar-refractivity contribution in [1.82, 2.24) is 4.90 Å². The summed E-state index contributed by atoms with van der Waals surface area (Å²) in [6.45, 7) is 4.15. The zero-order chi connectivity index (χ0) is 11.6. The third-order valence-corrected chi connectivity index (χ3v) is 4.40. The summed E-state index contributed by atoms with van der Waals surface area (Å²) in [4.78, 5) is 14.1. The van der Waals surface area contributed by atoms with E-state index in [1.807, 2.05) is 4.90 Å². The van der Waals surface area contributed by atoms with Gasteiger partial charge in [0.1, 0.15) is 0 Å². The van der Waals surface area contributed by atoms with Crippen LogP contribution in [0.1, 0.15) is 51.9 Å². The molecule has 1 heterocycles. The molecule has 92 valence electrons. The molecule has 2 fully saturated rings. The average Bonchev–Trinajstić information content (AvgIpc) is 2.27. The van der Waals surface area contributed by atoms with Crippen molar-refractivity contribution in [3.63, 3.8) is 0 Å². The summed E-state index contributed by atoms with van der Waals surface area (Å²) in [5, 5.41) is 0. The Morgan fingerprint density at radius 2 is 2.00 bits per heavy atom. The van der Waals surface area contributed by atoms with Crippen LogP contribution in [0.15, 0.2) is 0 Å². The van der Waals surface area contributed by atoms with Crippen LogP contribution in [0.25, 0.3) is 0 Å². The highest BCUT2D eigenvalue weighted by Gasteiger charge is 2.36. The number of carbonyl (C=O) groups excluding carboxylic acids is 1. The number of nitrogens with two attached hydrogens (primary N) is 1. The van der Waals surface area contributed by atoms with Crippen LogP contribution in [0, 0.1) is 5.92 Å². The zero-order valence-corrected chi connectivity index (χ0v) is 10.4. The molecule has 16 heavy (non-hydrogen) atoms. The lowest BCUT2D eigenvalue weighted by Crippen LogP contribution is -2.51. The highest BCUT2D eigenvalue weighted by atomic mass is 16.2. The highest BCUT2D eigenvalue weighted by molar-refractivity contribution is 5.77. The van der Waals surface area contributed by atoms with Crippen molar-refractivity contribution in [2.75, 3.05) is 13.1 Å². The molecule has 1 amide bonds. The molecule has 0 unspecified atom stereocenters. The second kappa shape index (κ2) is 4.74. The summed E-state index contributed by atoms with van der Waals surface area (Å²) in [6.07, 6.45) is 7.45. The molecule has 0 spiro atoms. The van der Waals surface area contributed by atoms with Crippen LogP contribution in [-0.2, 0) is 4.79 Å². The fraction of sp³-hybridized carbons (Fsp3) is 0.923. The summed E-state index contributed by atoms with van der Waals surface area (Å²) in [5.74, 6) is 1.12. The monoisotopic (exact) mass is 224 g/mol. The van der Waals surface area contributed by atoms with Crippen LogP contribution in [0.5, 0.6) is 0 Å². The van der Waals surface area contributed by atoms with E-state index in [1.165, 1.54) is 25.7 Å². The molecule has 0 aromatic heterocycles. The molecular formula is C13H24N2O. The molecular weight excluding hydrogens is 200 g/mol. The maximum atomic E-state index is 12.0. The summed E-state index contributed by atoms with van der Waals surface area (Å²) < 4.78 is 0. The van der Waals surface area contributed by atoms with E-state index in [-0.39, 0.29) is 11.4 Å². The summed E-state index contributed by atoms with van der Waals surface area (Å²) >= 11 is 0. The Morgan fingerprint density at radius 3 is 2.44 bits per heavy atom. The lowest BCUT2D eigenvalue weighted by atomic mass is 9.75. The Labute approximate surface area is 98.4 Å². The average molecular weight is 224 g/mol. The van der Waals surface area contributed by atoms with Crippen LogP contribution in [0.3, 0.4) is 0 Å². The molecule has 0 bridgehead atoms. The van der Waals surface area contributed by atoms with Gasteiger partial charge in [0.25, 0.3) is 0 Å². The zero-order valence-electron chi connectivity index (χ0n) is 10.4. The van der Waals surface area contributed by atoms with E-state index >= 15 is 0 Å². The van der Waals surface area contributed by atoms with Crippen LogP contribution in [0.2, 0.25) is 0 Å². The van der Waals surface area contributed by atoms with Crippen LogP contribution in [-0.4, -0.2) is 29.4 Å². The second-order valence-electron chi connectivity index (χ2n) is 5.63. The number of hydrogen-bond donors (Lipinski definition) is 1. The first-order valence-corrected chi connectivity index (χ1v) is 6.69. The standard InChI is InChI=1S/C13H24N2O/c1-2-11-4-8-15(9-5-11)12(16)10-13(14)6-3-7-13/h11H,2-10,14H2,1H3. The predicted molar refractivity (Wildman–Crippen MR) is 65.0 cm³/mol. The normalized spacial score (nSPS) is 25.2. The van der Waals surface area contributed by atoms with E-state index in [9.17, 15) is 4.79 Å². The van der Waals surface area contributed by atoms with Gasteiger partial charge < -0.3 is 10.6 Å². The van der Waals surface area contributed by atoms with Gasteiger partial charge in [0.2, 0.25) is 5.91 Å². The number of rotatable bonds is 3. The van der Waals surface area contributed by atoms with Crippen LogP contribution in [0.4, 0.5) is 0 Å². The van der Waals surface area contributed by atoms with Gasteiger partial charge in [-0.05, 0) is 38.0 Å². The number of nitrogens with zero attached hydrogens (tertiary/aromatic N) is 1. The van der Waals surface area contributed by atoms with Crippen molar-refractivity contribution in [3.8, 4) is 0 Å². The topological polar surface area (TPSA) is 46.3 Å². The molecule has 2 aliphatic rings. The lowest BCUT2D eigenvalue weighted by Gasteiger charge is -2.40. The number of amides is 1. The van der Waals surface area contributed by atoms with Crippen molar-refractivity contribution in [3.05, 3.63) is 0 Å². The molecule has 0 atom stereocenters. The minimum Gasteiger partial charge on any atom is -0.343 e. The molecule has 1 saturated carbocycles. The molecule has 1 saturated heterocycles. The van der Waals surface area contributed by atoms with E-state index in [0.29, 0.717) is 6.42 Å². The van der Waals surface area contributed by atoms with Gasteiger partial charge in [-0.1, -0.05) is 13.3 Å². The minimum atomic E-state index is -0.154. The van der Waals surface area contributed by atoms with Gasteiger partial charge >= 0.3 is 0 Å². The van der Waals surface area contributed by atoms with Gasteiger partial charge in [0.05, 0.1) is 0 Å². The van der Waals surface area contributed by atoms with Crippen molar-refractivity contribution >= 4 is 5.91 Å². The smallest absolute Gasteiger partial charge is 0.224 e. The first-order valence-electron chi connectivity index (χ1n) is 6.69. The Bertz CT molecular complexity index is 253. The molecule has 2 N–H and O–H groups in total. The van der Waals surface area contributed by atoms with Crippen molar-refractivity contribution in [2.24, 2.45) is 11.7 Å². The third kappa shape index (κ3) is 2.57. The van der Waals surface area contributed by atoms with Crippen molar-refractivity contribution in [1.29, 1.82) is 0 Å². The van der Waals surface area contributed by atoms with Gasteiger partial charge in [-0.2, -0.15) is 0 Å². The summed E-state index contributed by atoms with van der Waals surface area (Å²) in [5.41, 5.74) is 5.96. The number of hydrogen-bond acceptors (Lipinski definition) is 2. The second-order valence-corrected chi connectivity index (χ2v) is 5.63. The predicted octanol–water partition coefficient (Wildman–Crippen LogP) is 1.91. The Morgan fingerprint density at radius 1 is 1.38 bits per heavy atom. The fourth-order valence-electron chi connectivity index (χ4n) is 2.81. The number of likely N-dealkylation sites (tertiary alicyclic amines) is 1. The number of carbonyl (C=O) groups is 1. The van der Waals surface area contributed by atoms with Crippen molar-refractivity contribution in [2.45, 2.75) is 57.4 Å². The van der Waals surface area contributed by atoms with Crippen LogP contribution < -0.4 is 5.73 Å². The summed E-state index contributed by atoms with van der Waals surface area (Å²) in [7, 11) is 0. The molecule has 3 heteroatoms. The third-order valence-electron chi connectivity index (χ3n) is 4.40. The molecule has 1 aliphatic carbocycles. The maximum Gasteiger partial charge on any atom is 0.224 e. The maximum absolute atomic E-state index is 12.0. The fourth-order valence-corrected chi connectivity index (χ4v) is 2.81. The van der Waals surface area contributed by atoms with Gasteiger partial charge in [0.15, 0.2) is 0 Å². The Kier molecular flexibility index (Phi) is 3.53. The Balaban J connectivity index is 1.78. The molecule has 0 aromatic rings. The van der Waals surface area contributed by atoms with E-state index < -0.39 is 0 Å².